The lowest BCUT2D eigenvalue weighted by Crippen LogP contribution is -2.45. The van der Waals surface area contributed by atoms with Gasteiger partial charge in [-0.25, -0.2) is 4.39 Å². The third kappa shape index (κ3) is 3.99. The van der Waals surface area contributed by atoms with Crippen molar-refractivity contribution in [2.24, 2.45) is 0 Å². The molecule has 0 bridgehead atoms. The number of rotatable bonds is 4. The van der Waals surface area contributed by atoms with Gasteiger partial charge in [0.2, 0.25) is 0 Å². The van der Waals surface area contributed by atoms with Crippen molar-refractivity contribution < 1.29 is 14.1 Å². The molecule has 1 saturated heterocycles. The van der Waals surface area contributed by atoms with Crippen LogP contribution in [0.5, 0.6) is 0 Å². The summed E-state index contributed by atoms with van der Waals surface area (Å²) >= 11 is 0. The summed E-state index contributed by atoms with van der Waals surface area (Å²) in [4.78, 5) is 24.6. The van der Waals surface area contributed by atoms with E-state index in [1.165, 1.54) is 30.3 Å². The Hall–Kier alpha value is -2.96. The first-order valence-electron chi connectivity index (χ1n) is 8.50. The van der Waals surface area contributed by atoms with Crippen molar-refractivity contribution in [1.29, 1.82) is 0 Å². The molecule has 1 N–H and O–H groups in total. The van der Waals surface area contributed by atoms with Crippen LogP contribution < -0.4 is 5.32 Å². The normalized spacial score (nSPS) is 17.0. The van der Waals surface area contributed by atoms with Crippen molar-refractivity contribution in [3.05, 3.63) is 69.5 Å². The smallest absolute Gasteiger partial charge is 0.269 e. The fraction of sp³-hybridized carbons (Fsp3) is 0.316. The number of carbonyl (C=O) groups is 1. The predicted octanol–water partition coefficient (Wildman–Crippen LogP) is 3.76. The lowest BCUT2D eigenvalue weighted by atomic mass is 10.0. The summed E-state index contributed by atoms with van der Waals surface area (Å²) in [6.07, 6.45) is 1.65. The summed E-state index contributed by atoms with van der Waals surface area (Å²) in [7, 11) is 0. The van der Waals surface area contributed by atoms with Gasteiger partial charge in [-0.2, -0.15) is 0 Å². The number of nitro benzene ring substituents is 1. The number of halogens is 1. The number of nitrogens with zero attached hydrogens (tertiary/aromatic N) is 2. The largest absolute Gasteiger partial charge is 0.378 e. The Bertz CT molecular complexity index is 823. The quantitative estimate of drug-likeness (QED) is 0.668. The van der Waals surface area contributed by atoms with Gasteiger partial charge in [0.15, 0.2) is 0 Å². The second-order valence-corrected chi connectivity index (χ2v) is 6.52. The van der Waals surface area contributed by atoms with Gasteiger partial charge in [0, 0.05) is 36.8 Å². The van der Waals surface area contributed by atoms with Gasteiger partial charge < -0.3 is 10.2 Å². The molecule has 0 spiro atoms. The molecule has 0 saturated carbocycles. The summed E-state index contributed by atoms with van der Waals surface area (Å²) in [5, 5.41) is 13.9. The average Bonchev–Trinajstić information content (AvgIpc) is 2.64. The van der Waals surface area contributed by atoms with E-state index in [1.54, 1.807) is 17.0 Å². The number of non-ortho nitro benzene ring substituents is 1. The molecule has 0 aliphatic carbocycles. The Morgan fingerprint density at radius 2 is 2.00 bits per heavy atom. The minimum Gasteiger partial charge on any atom is -0.378 e. The SMILES string of the molecule is Cc1ccc(F)c(N[C@@H]2CCCN(C(=O)c3ccc([N+](=O)[O-])cc3)C2)c1. The summed E-state index contributed by atoms with van der Waals surface area (Å²) in [5.74, 6) is -0.481. The van der Waals surface area contributed by atoms with Crippen LogP contribution in [0.15, 0.2) is 42.5 Å². The van der Waals surface area contributed by atoms with Gasteiger partial charge >= 0.3 is 0 Å². The number of piperidine rings is 1. The summed E-state index contributed by atoms with van der Waals surface area (Å²) in [6.45, 7) is 2.98. The van der Waals surface area contributed by atoms with E-state index in [2.05, 4.69) is 5.32 Å². The van der Waals surface area contributed by atoms with Crippen LogP contribution in [-0.2, 0) is 0 Å². The maximum atomic E-state index is 14.0. The van der Waals surface area contributed by atoms with Crippen LogP contribution in [0.2, 0.25) is 0 Å². The van der Waals surface area contributed by atoms with Gasteiger partial charge in [-0.3, -0.25) is 14.9 Å². The molecule has 1 aliphatic heterocycles. The maximum absolute atomic E-state index is 14.0. The van der Waals surface area contributed by atoms with Crippen LogP contribution >= 0.6 is 0 Å². The molecule has 0 radical (unpaired) electrons. The number of likely N-dealkylation sites (tertiary alicyclic amines) is 1. The van der Waals surface area contributed by atoms with Gasteiger partial charge in [-0.1, -0.05) is 6.07 Å². The van der Waals surface area contributed by atoms with E-state index in [4.69, 9.17) is 0 Å². The summed E-state index contributed by atoms with van der Waals surface area (Å²) in [5.41, 5.74) is 1.77. The first kappa shape index (κ1) is 17.8. The highest BCUT2D eigenvalue weighted by Crippen LogP contribution is 2.22. The highest BCUT2D eigenvalue weighted by molar-refractivity contribution is 5.94. The average molecular weight is 357 g/mol. The van der Waals surface area contributed by atoms with Crippen LogP contribution in [0, 0.1) is 22.9 Å². The standard InChI is InChI=1S/C19H20FN3O3/c1-13-4-9-17(20)18(11-13)21-15-3-2-10-22(12-15)19(24)14-5-7-16(8-6-14)23(25)26/h4-9,11,15,21H,2-3,10,12H2,1H3/t15-/m1/s1. The number of anilines is 1. The van der Waals surface area contributed by atoms with Crippen molar-refractivity contribution in [3.63, 3.8) is 0 Å². The van der Waals surface area contributed by atoms with E-state index in [1.807, 2.05) is 6.92 Å². The Labute approximate surface area is 150 Å². The second kappa shape index (κ2) is 7.51. The first-order valence-corrected chi connectivity index (χ1v) is 8.50. The number of carbonyl (C=O) groups excluding carboxylic acids is 1. The molecule has 136 valence electrons. The molecule has 26 heavy (non-hydrogen) atoms. The topological polar surface area (TPSA) is 75.5 Å². The molecule has 1 aliphatic rings. The fourth-order valence-electron chi connectivity index (χ4n) is 3.16. The minimum atomic E-state index is -0.495. The highest BCUT2D eigenvalue weighted by atomic mass is 19.1. The first-order chi connectivity index (χ1) is 12.4. The second-order valence-electron chi connectivity index (χ2n) is 6.52. The number of amides is 1. The Kier molecular flexibility index (Phi) is 5.16. The van der Waals surface area contributed by atoms with Gasteiger partial charge in [-0.15, -0.1) is 0 Å². The van der Waals surface area contributed by atoms with Crippen molar-refractivity contribution >= 4 is 17.3 Å². The number of benzene rings is 2. The van der Waals surface area contributed by atoms with Gasteiger partial charge in [0.25, 0.3) is 11.6 Å². The zero-order chi connectivity index (χ0) is 18.7. The molecular weight excluding hydrogens is 337 g/mol. The van der Waals surface area contributed by atoms with Crippen molar-refractivity contribution in [2.45, 2.75) is 25.8 Å². The van der Waals surface area contributed by atoms with Crippen molar-refractivity contribution in [3.8, 4) is 0 Å². The summed E-state index contributed by atoms with van der Waals surface area (Å²) in [6, 6.07) is 10.5. The summed E-state index contributed by atoms with van der Waals surface area (Å²) < 4.78 is 14.0. The van der Waals surface area contributed by atoms with Crippen LogP contribution in [0.25, 0.3) is 0 Å². The molecule has 6 nitrogen and oxygen atoms in total. The molecule has 0 unspecified atom stereocenters. The zero-order valence-corrected chi connectivity index (χ0v) is 14.4. The van der Waals surface area contributed by atoms with Gasteiger partial charge in [0.1, 0.15) is 5.82 Å². The van der Waals surface area contributed by atoms with E-state index in [-0.39, 0.29) is 23.5 Å². The minimum absolute atomic E-state index is 0.0398. The van der Waals surface area contributed by atoms with Crippen LogP contribution in [0.1, 0.15) is 28.8 Å². The lowest BCUT2D eigenvalue weighted by molar-refractivity contribution is -0.384. The van der Waals surface area contributed by atoms with Crippen molar-refractivity contribution in [2.75, 3.05) is 18.4 Å². The molecule has 2 aromatic rings. The molecule has 1 amide bonds. The van der Waals surface area contributed by atoms with Crippen LogP contribution in [-0.4, -0.2) is 34.9 Å². The lowest BCUT2D eigenvalue weighted by Gasteiger charge is -2.34. The van der Waals surface area contributed by atoms with E-state index < -0.39 is 4.92 Å². The maximum Gasteiger partial charge on any atom is 0.269 e. The van der Waals surface area contributed by atoms with E-state index in [0.29, 0.717) is 24.3 Å². The van der Waals surface area contributed by atoms with Crippen molar-refractivity contribution in [1.82, 2.24) is 4.90 Å². The van der Waals surface area contributed by atoms with Gasteiger partial charge in [-0.05, 0) is 49.6 Å². The van der Waals surface area contributed by atoms with Gasteiger partial charge in [0.05, 0.1) is 10.6 Å². The monoisotopic (exact) mass is 357 g/mol. The van der Waals surface area contributed by atoms with Crippen LogP contribution in [0.4, 0.5) is 15.8 Å². The number of hydrogen-bond acceptors (Lipinski definition) is 4. The Morgan fingerprint density at radius 3 is 2.69 bits per heavy atom. The number of aryl methyl sites for hydroxylation is 1. The molecule has 7 heteroatoms. The number of hydrogen-bond donors (Lipinski definition) is 1. The molecule has 1 heterocycles. The van der Waals surface area contributed by atoms with E-state index in [9.17, 15) is 19.3 Å². The molecule has 1 atom stereocenters. The number of nitro groups is 1. The number of nitrogens with one attached hydrogen (secondary N) is 1. The molecule has 0 aromatic heterocycles. The predicted molar refractivity (Wildman–Crippen MR) is 96.8 cm³/mol. The molecule has 2 aromatic carbocycles. The Morgan fingerprint density at radius 1 is 1.27 bits per heavy atom. The fourth-order valence-corrected chi connectivity index (χ4v) is 3.16. The molecule has 3 rings (SSSR count). The van der Waals surface area contributed by atoms with Crippen LogP contribution in [0.3, 0.4) is 0 Å². The molecule has 1 fully saturated rings. The van der Waals surface area contributed by atoms with E-state index in [0.717, 1.165) is 18.4 Å². The van der Waals surface area contributed by atoms with E-state index >= 15 is 0 Å². The Balaban J connectivity index is 1.68. The zero-order valence-electron chi connectivity index (χ0n) is 14.4. The highest BCUT2D eigenvalue weighted by Gasteiger charge is 2.25. The third-order valence-corrected chi connectivity index (χ3v) is 4.52. The third-order valence-electron chi connectivity index (χ3n) is 4.52. The molecular formula is C19H20FN3O3.